The van der Waals surface area contributed by atoms with Gasteiger partial charge in [0.1, 0.15) is 11.5 Å². The van der Waals surface area contributed by atoms with Crippen molar-refractivity contribution in [2.24, 2.45) is 0 Å². The third-order valence-corrected chi connectivity index (χ3v) is 4.59. The second-order valence-electron chi connectivity index (χ2n) is 6.61. The Kier molecular flexibility index (Phi) is 5.09. The molecule has 1 aromatic carbocycles. The number of nitrogens with zero attached hydrogens (tertiary/aromatic N) is 6. The van der Waals surface area contributed by atoms with Gasteiger partial charge in [-0.05, 0) is 30.7 Å². The highest BCUT2D eigenvalue weighted by Crippen LogP contribution is 2.16. The van der Waals surface area contributed by atoms with Crippen LogP contribution in [0, 0.1) is 6.92 Å². The SMILES string of the molecule is Cc1cccc(NC(=O)c2cnc(N3CCN(c4ncccn4)CC3)cn2)c1. The fourth-order valence-electron chi connectivity index (χ4n) is 3.11. The van der Waals surface area contributed by atoms with Gasteiger partial charge in [-0.15, -0.1) is 0 Å². The molecule has 0 saturated carbocycles. The zero-order valence-electron chi connectivity index (χ0n) is 15.6. The van der Waals surface area contributed by atoms with Crippen LogP contribution in [0.2, 0.25) is 0 Å². The number of amides is 1. The maximum absolute atomic E-state index is 12.4. The molecule has 1 N–H and O–H groups in total. The van der Waals surface area contributed by atoms with Gasteiger partial charge in [0.05, 0.1) is 12.4 Å². The molecule has 28 heavy (non-hydrogen) atoms. The lowest BCUT2D eigenvalue weighted by atomic mass is 10.2. The van der Waals surface area contributed by atoms with Gasteiger partial charge >= 0.3 is 0 Å². The Morgan fingerprint density at radius 3 is 2.36 bits per heavy atom. The van der Waals surface area contributed by atoms with Crippen molar-refractivity contribution >= 4 is 23.4 Å². The molecule has 0 atom stereocenters. The fraction of sp³-hybridized carbons (Fsp3) is 0.250. The summed E-state index contributed by atoms with van der Waals surface area (Å²) >= 11 is 0. The van der Waals surface area contributed by atoms with Crippen LogP contribution >= 0.6 is 0 Å². The monoisotopic (exact) mass is 375 g/mol. The third-order valence-electron chi connectivity index (χ3n) is 4.59. The van der Waals surface area contributed by atoms with E-state index in [1.54, 1.807) is 18.6 Å². The molecule has 1 fully saturated rings. The Balaban J connectivity index is 1.36. The normalized spacial score (nSPS) is 14.0. The van der Waals surface area contributed by atoms with E-state index in [4.69, 9.17) is 0 Å². The van der Waals surface area contributed by atoms with Gasteiger partial charge in [-0.1, -0.05) is 12.1 Å². The first-order valence-electron chi connectivity index (χ1n) is 9.16. The lowest BCUT2D eigenvalue weighted by Gasteiger charge is -2.35. The largest absolute Gasteiger partial charge is 0.352 e. The van der Waals surface area contributed by atoms with Crippen molar-refractivity contribution in [1.29, 1.82) is 0 Å². The smallest absolute Gasteiger partial charge is 0.275 e. The van der Waals surface area contributed by atoms with Gasteiger partial charge < -0.3 is 15.1 Å². The van der Waals surface area contributed by atoms with Crippen LogP contribution in [0.15, 0.2) is 55.1 Å². The first-order chi connectivity index (χ1) is 13.7. The average Bonchev–Trinajstić information content (AvgIpc) is 2.75. The lowest BCUT2D eigenvalue weighted by molar-refractivity contribution is 0.102. The van der Waals surface area contributed by atoms with Crippen LogP contribution in [0.3, 0.4) is 0 Å². The molecule has 1 saturated heterocycles. The standard InChI is InChI=1S/C20H21N7O/c1-15-4-2-5-16(12-15)25-19(28)17-13-24-18(14-23-17)26-8-10-27(11-9-26)20-21-6-3-7-22-20/h2-7,12-14H,8-11H2,1H3,(H,25,28). The number of carbonyl (C=O) groups is 1. The van der Waals surface area contributed by atoms with Gasteiger partial charge in [-0.3, -0.25) is 4.79 Å². The van der Waals surface area contributed by atoms with E-state index >= 15 is 0 Å². The van der Waals surface area contributed by atoms with Crippen molar-refractivity contribution < 1.29 is 4.79 Å². The Labute approximate surface area is 163 Å². The number of benzene rings is 1. The minimum Gasteiger partial charge on any atom is -0.352 e. The van der Waals surface area contributed by atoms with Gasteiger partial charge in [0.25, 0.3) is 5.91 Å². The van der Waals surface area contributed by atoms with Crippen molar-refractivity contribution in [1.82, 2.24) is 19.9 Å². The number of carbonyl (C=O) groups excluding carboxylic acids is 1. The predicted octanol–water partition coefficient (Wildman–Crippen LogP) is 2.15. The van der Waals surface area contributed by atoms with Crippen molar-refractivity contribution in [3.63, 3.8) is 0 Å². The number of hydrogen-bond acceptors (Lipinski definition) is 7. The van der Waals surface area contributed by atoms with Crippen molar-refractivity contribution in [2.45, 2.75) is 6.92 Å². The van der Waals surface area contributed by atoms with E-state index in [1.165, 1.54) is 6.20 Å². The Morgan fingerprint density at radius 1 is 0.929 bits per heavy atom. The zero-order valence-corrected chi connectivity index (χ0v) is 15.6. The summed E-state index contributed by atoms with van der Waals surface area (Å²) in [6, 6.07) is 9.46. The number of rotatable bonds is 4. The number of hydrogen-bond donors (Lipinski definition) is 1. The number of nitrogens with one attached hydrogen (secondary N) is 1. The van der Waals surface area contributed by atoms with E-state index in [-0.39, 0.29) is 5.91 Å². The van der Waals surface area contributed by atoms with Crippen molar-refractivity contribution in [3.8, 4) is 0 Å². The molecular formula is C20H21N7O. The molecule has 0 aliphatic carbocycles. The molecule has 3 heterocycles. The van der Waals surface area contributed by atoms with E-state index in [9.17, 15) is 4.79 Å². The summed E-state index contributed by atoms with van der Waals surface area (Å²) in [7, 11) is 0. The maximum Gasteiger partial charge on any atom is 0.275 e. The molecular weight excluding hydrogens is 354 g/mol. The summed E-state index contributed by atoms with van der Waals surface area (Å²) < 4.78 is 0. The average molecular weight is 375 g/mol. The Morgan fingerprint density at radius 2 is 1.68 bits per heavy atom. The van der Waals surface area contributed by atoms with E-state index < -0.39 is 0 Å². The predicted molar refractivity (Wildman–Crippen MR) is 108 cm³/mol. The summed E-state index contributed by atoms with van der Waals surface area (Å²) in [5.41, 5.74) is 2.12. The molecule has 142 valence electrons. The highest BCUT2D eigenvalue weighted by molar-refractivity contribution is 6.02. The van der Waals surface area contributed by atoms with Gasteiger partial charge in [-0.25, -0.2) is 19.9 Å². The molecule has 0 spiro atoms. The fourth-order valence-corrected chi connectivity index (χ4v) is 3.11. The van der Waals surface area contributed by atoms with Gasteiger partial charge in [-0.2, -0.15) is 0 Å². The second kappa shape index (κ2) is 7.99. The van der Waals surface area contributed by atoms with Crippen LogP contribution in [-0.2, 0) is 0 Å². The minimum atomic E-state index is -0.268. The minimum absolute atomic E-state index is 0.268. The summed E-state index contributed by atoms with van der Waals surface area (Å²) in [6.07, 6.45) is 6.68. The number of piperazine rings is 1. The number of anilines is 3. The Bertz CT molecular complexity index is 938. The molecule has 0 bridgehead atoms. The molecule has 2 aromatic heterocycles. The quantitative estimate of drug-likeness (QED) is 0.748. The number of aromatic nitrogens is 4. The first kappa shape index (κ1) is 17.8. The summed E-state index contributed by atoms with van der Waals surface area (Å²) in [5, 5.41) is 2.85. The summed E-state index contributed by atoms with van der Waals surface area (Å²) in [5.74, 6) is 1.24. The number of aryl methyl sites for hydroxylation is 1. The van der Waals surface area contributed by atoms with Crippen LogP contribution in [-0.4, -0.2) is 52.0 Å². The van der Waals surface area contributed by atoms with E-state index in [2.05, 4.69) is 35.1 Å². The molecule has 1 aliphatic rings. The summed E-state index contributed by atoms with van der Waals surface area (Å²) in [6.45, 7) is 5.18. The van der Waals surface area contributed by atoms with Crippen LogP contribution in [0.5, 0.6) is 0 Å². The van der Waals surface area contributed by atoms with E-state index in [0.29, 0.717) is 5.69 Å². The van der Waals surface area contributed by atoms with E-state index in [1.807, 2.05) is 37.3 Å². The second-order valence-corrected chi connectivity index (χ2v) is 6.61. The van der Waals surface area contributed by atoms with Crippen molar-refractivity contribution in [3.05, 3.63) is 66.4 Å². The van der Waals surface area contributed by atoms with Crippen molar-refractivity contribution in [2.75, 3.05) is 41.3 Å². The van der Waals surface area contributed by atoms with Crippen LogP contribution in [0.4, 0.5) is 17.5 Å². The highest BCUT2D eigenvalue weighted by Gasteiger charge is 2.20. The van der Waals surface area contributed by atoms with Crippen LogP contribution in [0.1, 0.15) is 16.1 Å². The molecule has 8 heteroatoms. The molecule has 8 nitrogen and oxygen atoms in total. The Hall–Kier alpha value is -3.55. The molecule has 4 rings (SSSR count). The first-order valence-corrected chi connectivity index (χ1v) is 9.16. The van der Waals surface area contributed by atoms with Gasteiger partial charge in [0.15, 0.2) is 0 Å². The molecule has 0 radical (unpaired) electrons. The molecule has 1 aliphatic heterocycles. The van der Waals surface area contributed by atoms with Gasteiger partial charge in [0.2, 0.25) is 5.95 Å². The van der Waals surface area contributed by atoms with E-state index in [0.717, 1.165) is 49.2 Å². The van der Waals surface area contributed by atoms with Crippen LogP contribution < -0.4 is 15.1 Å². The molecule has 1 amide bonds. The molecule has 0 unspecified atom stereocenters. The maximum atomic E-state index is 12.4. The third kappa shape index (κ3) is 4.06. The summed E-state index contributed by atoms with van der Waals surface area (Å²) in [4.78, 5) is 34.0. The zero-order chi connectivity index (χ0) is 19.3. The molecule has 3 aromatic rings. The van der Waals surface area contributed by atoms with Gasteiger partial charge in [0, 0.05) is 44.3 Å². The highest BCUT2D eigenvalue weighted by atomic mass is 16.1. The van der Waals surface area contributed by atoms with Crippen LogP contribution in [0.25, 0.3) is 0 Å². The topological polar surface area (TPSA) is 87.1 Å². The lowest BCUT2D eigenvalue weighted by Crippen LogP contribution is -2.47.